The lowest BCUT2D eigenvalue weighted by molar-refractivity contribution is -0.136. The van der Waals surface area contributed by atoms with Gasteiger partial charge in [0, 0.05) is 6.04 Å². The van der Waals surface area contributed by atoms with Crippen LogP contribution in [0.15, 0.2) is 0 Å². The molecule has 0 bridgehead atoms. The van der Waals surface area contributed by atoms with Gasteiger partial charge in [0.2, 0.25) is 10.0 Å². The van der Waals surface area contributed by atoms with Crippen LogP contribution in [0.5, 0.6) is 0 Å². The van der Waals surface area contributed by atoms with Crippen LogP contribution in [0.4, 0.5) is 0 Å². The Labute approximate surface area is 76.6 Å². The van der Waals surface area contributed by atoms with Gasteiger partial charge in [0.05, 0.1) is 6.61 Å². The van der Waals surface area contributed by atoms with Crippen LogP contribution in [0.2, 0.25) is 0 Å². The topological polar surface area (TPSA) is 104 Å². The van der Waals surface area contributed by atoms with E-state index in [1.54, 1.807) is 0 Å². The maximum Gasteiger partial charge on any atom is 0.323 e. The quantitative estimate of drug-likeness (QED) is 0.527. The molecule has 0 aromatic heterocycles. The summed E-state index contributed by atoms with van der Waals surface area (Å²) in [4.78, 5) is 10.3. The molecule has 78 valence electrons. The Kier molecular flexibility index (Phi) is 4.31. The van der Waals surface area contributed by atoms with E-state index in [0.717, 1.165) is 6.92 Å². The Morgan fingerprint density at radius 2 is 1.92 bits per heavy atom. The first-order valence-corrected chi connectivity index (χ1v) is 5.20. The minimum absolute atomic E-state index is 0.369. The number of aliphatic hydroxyl groups is 1. The van der Waals surface area contributed by atoms with Gasteiger partial charge < -0.3 is 10.2 Å². The number of aliphatic hydroxyl groups excluding tert-OH is 1. The number of nitrogens with one attached hydrogen (secondary N) is 1. The van der Waals surface area contributed by atoms with Crippen LogP contribution in [0.3, 0.4) is 0 Å². The zero-order valence-electron chi connectivity index (χ0n) is 7.39. The highest BCUT2D eigenvalue weighted by atomic mass is 32.2. The Balaban J connectivity index is 4.50. The lowest BCUT2D eigenvalue weighted by atomic mass is 10.4. The van der Waals surface area contributed by atoms with E-state index in [9.17, 15) is 13.2 Å². The standard InChI is InChI=1S/C6H13NO5S/c1-4(3-8)7-13(11,12)5(2)6(9)10/h4-5,7-8H,3H2,1-2H3,(H,9,10)/t4-,5?/m0/s1. The van der Waals surface area contributed by atoms with Gasteiger partial charge in [-0.05, 0) is 13.8 Å². The van der Waals surface area contributed by atoms with Gasteiger partial charge >= 0.3 is 5.97 Å². The summed E-state index contributed by atoms with van der Waals surface area (Å²) in [7, 11) is -3.88. The molecule has 0 fully saturated rings. The van der Waals surface area contributed by atoms with Gasteiger partial charge in [0.25, 0.3) is 0 Å². The van der Waals surface area contributed by atoms with Crippen LogP contribution in [-0.4, -0.2) is 42.5 Å². The van der Waals surface area contributed by atoms with Crippen LogP contribution in [0.25, 0.3) is 0 Å². The molecule has 0 rings (SSSR count). The molecule has 0 aromatic rings. The van der Waals surface area contributed by atoms with E-state index in [1.807, 2.05) is 4.72 Å². The van der Waals surface area contributed by atoms with E-state index in [2.05, 4.69) is 0 Å². The molecule has 13 heavy (non-hydrogen) atoms. The molecular weight excluding hydrogens is 198 g/mol. The van der Waals surface area contributed by atoms with Crippen LogP contribution in [0, 0.1) is 0 Å². The van der Waals surface area contributed by atoms with Gasteiger partial charge in [-0.15, -0.1) is 0 Å². The number of hydrogen-bond acceptors (Lipinski definition) is 4. The highest BCUT2D eigenvalue weighted by Gasteiger charge is 2.28. The van der Waals surface area contributed by atoms with Gasteiger partial charge in [0.15, 0.2) is 5.25 Å². The first-order valence-electron chi connectivity index (χ1n) is 3.66. The maximum atomic E-state index is 11.1. The lowest BCUT2D eigenvalue weighted by Gasteiger charge is -2.13. The fourth-order valence-corrected chi connectivity index (χ4v) is 1.66. The molecule has 1 unspecified atom stereocenters. The number of carbonyl (C=O) groups is 1. The fraction of sp³-hybridized carbons (Fsp3) is 0.833. The maximum absolute atomic E-state index is 11.1. The predicted molar refractivity (Wildman–Crippen MR) is 45.7 cm³/mol. The highest BCUT2D eigenvalue weighted by Crippen LogP contribution is 1.99. The molecular formula is C6H13NO5S. The van der Waals surface area contributed by atoms with E-state index in [4.69, 9.17) is 10.2 Å². The molecule has 0 amide bonds. The Morgan fingerprint density at radius 1 is 1.46 bits per heavy atom. The third-order valence-corrected chi connectivity index (χ3v) is 3.32. The monoisotopic (exact) mass is 211 g/mol. The van der Waals surface area contributed by atoms with Gasteiger partial charge in [-0.3, -0.25) is 4.79 Å². The van der Waals surface area contributed by atoms with Gasteiger partial charge in [-0.25, -0.2) is 13.1 Å². The highest BCUT2D eigenvalue weighted by molar-refractivity contribution is 7.90. The zero-order valence-corrected chi connectivity index (χ0v) is 8.21. The summed E-state index contributed by atoms with van der Waals surface area (Å²) in [6.07, 6.45) is 0. The van der Waals surface area contributed by atoms with Crippen molar-refractivity contribution in [3.05, 3.63) is 0 Å². The normalized spacial score (nSPS) is 16.5. The summed E-state index contributed by atoms with van der Waals surface area (Å²) in [6.45, 7) is 2.13. The van der Waals surface area contributed by atoms with Crippen molar-refractivity contribution in [3.8, 4) is 0 Å². The van der Waals surface area contributed by atoms with Crippen molar-refractivity contribution in [1.29, 1.82) is 0 Å². The van der Waals surface area contributed by atoms with Crippen LogP contribution >= 0.6 is 0 Å². The minimum atomic E-state index is -3.88. The van der Waals surface area contributed by atoms with E-state index in [1.165, 1.54) is 6.92 Å². The van der Waals surface area contributed by atoms with E-state index in [0.29, 0.717) is 0 Å². The van der Waals surface area contributed by atoms with Gasteiger partial charge in [-0.2, -0.15) is 0 Å². The summed E-state index contributed by atoms with van der Waals surface area (Å²) in [5.74, 6) is -1.42. The molecule has 0 aliphatic heterocycles. The SMILES string of the molecule is CC(C(=O)O)S(=O)(=O)N[C@@H](C)CO. The summed E-state index contributed by atoms with van der Waals surface area (Å²) in [5.41, 5.74) is 0. The van der Waals surface area contributed by atoms with Crippen molar-refractivity contribution in [2.24, 2.45) is 0 Å². The molecule has 0 radical (unpaired) electrons. The molecule has 7 heteroatoms. The third kappa shape index (κ3) is 3.71. The van der Waals surface area contributed by atoms with Crippen LogP contribution in [-0.2, 0) is 14.8 Å². The minimum Gasteiger partial charge on any atom is -0.480 e. The molecule has 0 aromatic carbocycles. The molecule has 0 spiro atoms. The van der Waals surface area contributed by atoms with Crippen molar-refractivity contribution >= 4 is 16.0 Å². The molecule has 0 heterocycles. The smallest absolute Gasteiger partial charge is 0.323 e. The van der Waals surface area contributed by atoms with Crippen molar-refractivity contribution < 1.29 is 23.4 Å². The Morgan fingerprint density at radius 3 is 2.23 bits per heavy atom. The van der Waals surface area contributed by atoms with E-state index >= 15 is 0 Å². The largest absolute Gasteiger partial charge is 0.480 e. The second-order valence-electron chi connectivity index (χ2n) is 2.73. The second kappa shape index (κ2) is 4.54. The van der Waals surface area contributed by atoms with Crippen molar-refractivity contribution in [1.82, 2.24) is 4.72 Å². The van der Waals surface area contributed by atoms with Crippen LogP contribution < -0.4 is 4.72 Å². The number of rotatable bonds is 5. The van der Waals surface area contributed by atoms with Crippen molar-refractivity contribution in [2.45, 2.75) is 25.1 Å². The summed E-state index contributed by atoms with van der Waals surface area (Å²) >= 11 is 0. The first-order chi connectivity index (χ1) is 5.81. The summed E-state index contributed by atoms with van der Waals surface area (Å²) in [5, 5.41) is 15.5. The fourth-order valence-electron chi connectivity index (χ4n) is 0.552. The van der Waals surface area contributed by atoms with Gasteiger partial charge in [-0.1, -0.05) is 0 Å². The molecule has 3 N–H and O–H groups in total. The third-order valence-electron chi connectivity index (χ3n) is 1.45. The number of hydrogen-bond donors (Lipinski definition) is 3. The summed E-state index contributed by atoms with van der Waals surface area (Å²) < 4.78 is 24.3. The van der Waals surface area contributed by atoms with Gasteiger partial charge in [0.1, 0.15) is 0 Å². The van der Waals surface area contributed by atoms with E-state index in [-0.39, 0.29) is 6.61 Å². The number of carboxylic acid groups (broad SMARTS) is 1. The number of carboxylic acids is 1. The van der Waals surface area contributed by atoms with E-state index < -0.39 is 27.3 Å². The molecule has 6 nitrogen and oxygen atoms in total. The number of aliphatic carboxylic acids is 1. The molecule has 0 saturated heterocycles. The van der Waals surface area contributed by atoms with Crippen LogP contribution in [0.1, 0.15) is 13.8 Å². The average Bonchev–Trinajstić information content (AvgIpc) is 2.01. The predicted octanol–water partition coefficient (Wildman–Crippen LogP) is -1.24. The summed E-state index contributed by atoms with van der Waals surface area (Å²) in [6, 6.07) is -0.674. The zero-order chi connectivity index (χ0) is 10.6. The molecule has 0 aliphatic rings. The molecule has 0 aliphatic carbocycles. The Bertz CT molecular complexity index is 273. The molecule has 0 saturated carbocycles. The Hall–Kier alpha value is -0.660. The molecule has 2 atom stereocenters. The first kappa shape index (κ1) is 12.3. The second-order valence-corrected chi connectivity index (χ2v) is 4.76. The lowest BCUT2D eigenvalue weighted by Crippen LogP contribution is -2.43. The number of sulfonamides is 1. The van der Waals surface area contributed by atoms with Crippen molar-refractivity contribution in [2.75, 3.05) is 6.61 Å². The average molecular weight is 211 g/mol. The van der Waals surface area contributed by atoms with Crippen molar-refractivity contribution in [3.63, 3.8) is 0 Å².